The average Bonchev–Trinajstić information content (AvgIpc) is 2.96. The van der Waals surface area contributed by atoms with Crippen LogP contribution in [0, 0.1) is 0 Å². The summed E-state index contributed by atoms with van der Waals surface area (Å²) in [6.07, 6.45) is 1.87. The molecule has 3 aromatic rings. The Bertz CT molecular complexity index is 767. The van der Waals surface area contributed by atoms with Gasteiger partial charge in [0, 0.05) is 17.6 Å². The second-order valence-corrected chi connectivity index (χ2v) is 4.83. The minimum Gasteiger partial charge on any atom is -0.345 e. The Kier molecular flexibility index (Phi) is 3.83. The molecule has 0 saturated heterocycles. The van der Waals surface area contributed by atoms with Crippen molar-refractivity contribution in [1.82, 2.24) is 19.9 Å². The Morgan fingerprint density at radius 1 is 1.14 bits per heavy atom. The van der Waals surface area contributed by atoms with E-state index < -0.39 is 0 Å². The van der Waals surface area contributed by atoms with Gasteiger partial charge in [0.25, 0.3) is 5.91 Å². The van der Waals surface area contributed by atoms with E-state index in [0.29, 0.717) is 23.8 Å². The highest BCUT2D eigenvalue weighted by Gasteiger charge is 2.08. The van der Waals surface area contributed by atoms with Gasteiger partial charge in [-0.15, -0.1) is 21.8 Å². The highest BCUT2D eigenvalue weighted by atomic mass is 35.5. The van der Waals surface area contributed by atoms with Gasteiger partial charge in [0.05, 0.1) is 6.54 Å². The molecule has 5 nitrogen and oxygen atoms in total. The SMILES string of the molecule is O=C(NCc1nnc2ccccn12)c1ccc(CCl)cc1. The van der Waals surface area contributed by atoms with E-state index in [2.05, 4.69) is 15.5 Å². The third-order valence-corrected chi connectivity index (χ3v) is 3.47. The molecule has 0 radical (unpaired) electrons. The van der Waals surface area contributed by atoms with Gasteiger partial charge in [0.15, 0.2) is 11.5 Å². The molecule has 2 aromatic heterocycles. The lowest BCUT2D eigenvalue weighted by atomic mass is 10.1. The van der Waals surface area contributed by atoms with Crippen LogP contribution in [0.3, 0.4) is 0 Å². The van der Waals surface area contributed by atoms with Gasteiger partial charge in [-0.2, -0.15) is 0 Å². The van der Waals surface area contributed by atoms with E-state index in [1.807, 2.05) is 40.9 Å². The van der Waals surface area contributed by atoms with Crippen LogP contribution in [-0.4, -0.2) is 20.5 Å². The summed E-state index contributed by atoms with van der Waals surface area (Å²) in [5.41, 5.74) is 2.34. The molecule has 1 amide bonds. The highest BCUT2D eigenvalue weighted by molar-refractivity contribution is 6.17. The molecule has 6 heteroatoms. The van der Waals surface area contributed by atoms with Crippen LogP contribution in [0.25, 0.3) is 5.65 Å². The van der Waals surface area contributed by atoms with Crippen LogP contribution in [0.2, 0.25) is 0 Å². The van der Waals surface area contributed by atoms with E-state index in [1.165, 1.54) is 0 Å². The lowest BCUT2D eigenvalue weighted by Crippen LogP contribution is -2.23. The standard InChI is InChI=1S/C15H13ClN4O/c16-9-11-4-6-12(7-5-11)15(21)17-10-14-19-18-13-3-1-2-8-20(13)14/h1-8H,9-10H2,(H,17,21). The highest BCUT2D eigenvalue weighted by Crippen LogP contribution is 2.07. The first-order valence-corrected chi connectivity index (χ1v) is 7.03. The molecule has 0 aliphatic rings. The first-order valence-electron chi connectivity index (χ1n) is 6.49. The van der Waals surface area contributed by atoms with Crippen molar-refractivity contribution in [2.24, 2.45) is 0 Å². The molecular formula is C15H13ClN4O. The first kappa shape index (κ1) is 13.6. The van der Waals surface area contributed by atoms with Gasteiger partial charge < -0.3 is 5.32 Å². The molecule has 0 saturated carbocycles. The summed E-state index contributed by atoms with van der Waals surface area (Å²) in [5, 5.41) is 10.9. The predicted molar refractivity (Wildman–Crippen MR) is 80.2 cm³/mol. The summed E-state index contributed by atoms with van der Waals surface area (Å²) in [5.74, 6) is 0.980. The molecule has 1 aromatic carbocycles. The van der Waals surface area contributed by atoms with Crippen LogP contribution in [-0.2, 0) is 12.4 Å². The number of rotatable bonds is 4. The Hall–Kier alpha value is -2.40. The van der Waals surface area contributed by atoms with Gasteiger partial charge in [-0.3, -0.25) is 9.20 Å². The molecule has 0 unspecified atom stereocenters. The molecule has 0 aliphatic carbocycles. The van der Waals surface area contributed by atoms with E-state index in [1.54, 1.807) is 12.1 Å². The van der Waals surface area contributed by atoms with Crippen molar-refractivity contribution in [3.8, 4) is 0 Å². The molecule has 2 heterocycles. The van der Waals surface area contributed by atoms with Gasteiger partial charge >= 0.3 is 0 Å². The molecular weight excluding hydrogens is 288 g/mol. The van der Waals surface area contributed by atoms with E-state index in [4.69, 9.17) is 11.6 Å². The number of nitrogens with one attached hydrogen (secondary N) is 1. The molecule has 3 rings (SSSR count). The second kappa shape index (κ2) is 5.93. The number of benzene rings is 1. The van der Waals surface area contributed by atoms with Crippen molar-refractivity contribution in [3.05, 3.63) is 65.6 Å². The average molecular weight is 301 g/mol. The van der Waals surface area contributed by atoms with Crippen LogP contribution in [0.15, 0.2) is 48.7 Å². The van der Waals surface area contributed by atoms with Crippen LogP contribution in [0.5, 0.6) is 0 Å². The zero-order valence-corrected chi connectivity index (χ0v) is 11.9. The van der Waals surface area contributed by atoms with Crippen LogP contribution >= 0.6 is 11.6 Å². The smallest absolute Gasteiger partial charge is 0.251 e. The number of halogens is 1. The van der Waals surface area contributed by atoms with E-state index in [0.717, 1.165) is 11.2 Å². The van der Waals surface area contributed by atoms with Crippen molar-refractivity contribution >= 4 is 23.2 Å². The lowest BCUT2D eigenvalue weighted by molar-refractivity contribution is 0.0950. The van der Waals surface area contributed by atoms with E-state index >= 15 is 0 Å². The summed E-state index contributed by atoms with van der Waals surface area (Å²) in [6, 6.07) is 12.9. The third-order valence-electron chi connectivity index (χ3n) is 3.16. The zero-order chi connectivity index (χ0) is 14.7. The van der Waals surface area contributed by atoms with E-state index in [-0.39, 0.29) is 5.91 Å². The quantitative estimate of drug-likeness (QED) is 0.753. The van der Waals surface area contributed by atoms with Crippen molar-refractivity contribution in [3.63, 3.8) is 0 Å². The maximum absolute atomic E-state index is 12.1. The number of hydrogen-bond donors (Lipinski definition) is 1. The van der Waals surface area contributed by atoms with Gasteiger partial charge in [0.1, 0.15) is 0 Å². The number of carbonyl (C=O) groups is 1. The molecule has 0 aliphatic heterocycles. The van der Waals surface area contributed by atoms with Crippen molar-refractivity contribution in [1.29, 1.82) is 0 Å². The molecule has 106 valence electrons. The minimum atomic E-state index is -0.149. The molecule has 0 bridgehead atoms. The Labute approximate surface area is 126 Å². The van der Waals surface area contributed by atoms with Crippen LogP contribution < -0.4 is 5.32 Å². The summed E-state index contributed by atoms with van der Waals surface area (Å²) in [4.78, 5) is 12.1. The van der Waals surface area contributed by atoms with Crippen molar-refractivity contribution < 1.29 is 4.79 Å². The second-order valence-electron chi connectivity index (χ2n) is 4.56. The molecule has 0 spiro atoms. The van der Waals surface area contributed by atoms with Gasteiger partial charge in [-0.25, -0.2) is 0 Å². The number of fused-ring (bicyclic) bond motifs is 1. The predicted octanol–water partition coefficient (Wildman–Crippen LogP) is 2.40. The largest absolute Gasteiger partial charge is 0.345 e. The number of aromatic nitrogens is 3. The fourth-order valence-electron chi connectivity index (χ4n) is 2.02. The minimum absolute atomic E-state index is 0.149. The van der Waals surface area contributed by atoms with E-state index in [9.17, 15) is 4.79 Å². The summed E-state index contributed by atoms with van der Waals surface area (Å²) in [6.45, 7) is 0.321. The molecule has 21 heavy (non-hydrogen) atoms. The lowest BCUT2D eigenvalue weighted by Gasteiger charge is -2.05. The topological polar surface area (TPSA) is 59.3 Å². The number of amides is 1. The molecule has 0 fully saturated rings. The van der Waals surface area contributed by atoms with Crippen molar-refractivity contribution in [2.75, 3.05) is 0 Å². The maximum Gasteiger partial charge on any atom is 0.251 e. The zero-order valence-electron chi connectivity index (χ0n) is 11.2. The van der Waals surface area contributed by atoms with Crippen LogP contribution in [0.4, 0.5) is 0 Å². The Morgan fingerprint density at radius 2 is 1.95 bits per heavy atom. The number of carbonyl (C=O) groups excluding carboxylic acids is 1. The number of hydrogen-bond acceptors (Lipinski definition) is 3. The monoisotopic (exact) mass is 300 g/mol. The normalized spacial score (nSPS) is 10.7. The summed E-state index contributed by atoms with van der Waals surface area (Å²) < 4.78 is 1.84. The number of pyridine rings is 1. The van der Waals surface area contributed by atoms with Crippen LogP contribution in [0.1, 0.15) is 21.7 Å². The molecule has 0 atom stereocenters. The Morgan fingerprint density at radius 3 is 2.71 bits per heavy atom. The molecule has 1 N–H and O–H groups in total. The number of nitrogens with zero attached hydrogens (tertiary/aromatic N) is 3. The van der Waals surface area contributed by atoms with Gasteiger partial charge in [-0.1, -0.05) is 18.2 Å². The van der Waals surface area contributed by atoms with Gasteiger partial charge in [0.2, 0.25) is 0 Å². The summed E-state index contributed by atoms with van der Waals surface area (Å²) in [7, 11) is 0. The fraction of sp³-hybridized carbons (Fsp3) is 0.133. The van der Waals surface area contributed by atoms with Gasteiger partial charge in [-0.05, 0) is 29.8 Å². The third kappa shape index (κ3) is 2.87. The fourth-order valence-corrected chi connectivity index (χ4v) is 2.20. The summed E-state index contributed by atoms with van der Waals surface area (Å²) >= 11 is 5.72. The Balaban J connectivity index is 1.70. The first-order chi connectivity index (χ1) is 10.3. The van der Waals surface area contributed by atoms with Crippen molar-refractivity contribution in [2.45, 2.75) is 12.4 Å². The maximum atomic E-state index is 12.1. The number of alkyl halides is 1.